The topological polar surface area (TPSA) is 138 Å². The Morgan fingerprint density at radius 2 is 1.64 bits per heavy atom. The number of phenolic OH excluding ortho intramolecular Hbond substituents is 1. The summed E-state index contributed by atoms with van der Waals surface area (Å²) in [5.74, 6) is -2.71. The van der Waals surface area contributed by atoms with Gasteiger partial charge in [-0.05, 0) is 49.6 Å². The largest absolute Gasteiger partial charge is 0.508 e. The van der Waals surface area contributed by atoms with Crippen molar-refractivity contribution in [3.63, 3.8) is 0 Å². The number of amides is 2. The lowest BCUT2D eigenvalue weighted by atomic mass is 9.89. The van der Waals surface area contributed by atoms with Gasteiger partial charge in [-0.1, -0.05) is 62.8 Å². The molecular weight excluding hydrogens is 598 g/mol. The summed E-state index contributed by atoms with van der Waals surface area (Å²) >= 11 is 0. The number of allylic oxidation sites excluding steroid dienone is 1. The molecule has 1 aromatic heterocycles. The van der Waals surface area contributed by atoms with Crippen molar-refractivity contribution in [3.8, 4) is 5.75 Å². The average molecular weight is 646 g/mol. The maximum absolute atomic E-state index is 14.4. The number of aromatic nitrogens is 1. The summed E-state index contributed by atoms with van der Waals surface area (Å²) < 4.78 is 11.6. The van der Waals surface area contributed by atoms with Gasteiger partial charge >= 0.3 is 5.97 Å². The monoisotopic (exact) mass is 645 g/mol. The van der Waals surface area contributed by atoms with Crippen LogP contribution in [0.1, 0.15) is 64.6 Å². The second-order valence-electron chi connectivity index (χ2n) is 13.0. The Balaban J connectivity index is 1.80. The lowest BCUT2D eigenvalue weighted by molar-refractivity contribution is -0.164. The molecule has 0 fully saturated rings. The van der Waals surface area contributed by atoms with Gasteiger partial charge in [-0.3, -0.25) is 14.4 Å². The van der Waals surface area contributed by atoms with Crippen molar-refractivity contribution in [2.45, 2.75) is 78.2 Å². The van der Waals surface area contributed by atoms with Crippen LogP contribution in [-0.4, -0.2) is 71.0 Å². The van der Waals surface area contributed by atoms with E-state index in [1.54, 1.807) is 33.0 Å². The van der Waals surface area contributed by atoms with Crippen molar-refractivity contribution < 1.29 is 33.8 Å². The van der Waals surface area contributed by atoms with Gasteiger partial charge in [-0.2, -0.15) is 0 Å². The first-order valence-electron chi connectivity index (χ1n) is 16.1. The molecule has 3 N–H and O–H groups in total. The number of carbonyl (C=O) groups excluding carboxylic acids is 4. The van der Waals surface area contributed by atoms with Crippen molar-refractivity contribution in [1.82, 2.24) is 15.2 Å². The lowest BCUT2D eigenvalue weighted by Gasteiger charge is -2.33. The number of Topliss-reactive ketones (excluding diaryl/α,β-unsaturated/α-hetero) is 1. The van der Waals surface area contributed by atoms with E-state index in [1.165, 1.54) is 24.1 Å². The zero-order valence-electron chi connectivity index (χ0n) is 28.3. The predicted octanol–water partition coefficient (Wildman–Crippen LogP) is 5.26. The lowest BCUT2D eigenvalue weighted by Crippen LogP contribution is -2.53. The van der Waals surface area contributed by atoms with Gasteiger partial charge in [-0.25, -0.2) is 4.79 Å². The molecule has 0 unspecified atom stereocenters. The van der Waals surface area contributed by atoms with E-state index < -0.39 is 42.1 Å². The molecule has 0 saturated heterocycles. The highest BCUT2D eigenvalue weighted by Gasteiger charge is 2.38. The first kappa shape index (κ1) is 35.4. The molecule has 0 bridgehead atoms. The van der Waals surface area contributed by atoms with Gasteiger partial charge in [-0.15, -0.1) is 0 Å². The summed E-state index contributed by atoms with van der Waals surface area (Å²) in [6, 6.07) is 11.8. The Morgan fingerprint density at radius 1 is 0.957 bits per heavy atom. The number of fused-ring (bicyclic) bond motifs is 1. The number of rotatable bonds is 4. The number of hydrogen-bond donors (Lipinski definition) is 3. The van der Waals surface area contributed by atoms with Gasteiger partial charge in [0, 0.05) is 61.9 Å². The first-order chi connectivity index (χ1) is 22.3. The van der Waals surface area contributed by atoms with Crippen LogP contribution in [0.2, 0.25) is 0 Å². The van der Waals surface area contributed by atoms with Crippen LogP contribution in [0.25, 0.3) is 10.9 Å². The van der Waals surface area contributed by atoms with Crippen molar-refractivity contribution in [3.05, 3.63) is 77.5 Å². The highest BCUT2D eigenvalue weighted by atomic mass is 16.6. The molecule has 3 aromatic rings. The fourth-order valence-electron chi connectivity index (χ4n) is 6.25. The SMILES string of the molecule is CO[C@H]1C(=O)O[C@H](C)[C@H](C)/C=C(\C)C[C@H](C)C(=O)C[C@@H](C)C(=O)N(C)[C@H](Cc2c[nH]c3ccccc23)C(=O)N[C@H]1c1ccc(O)cc1. The number of carbonyl (C=O) groups is 4. The second-order valence-corrected chi connectivity index (χ2v) is 13.0. The molecule has 252 valence electrons. The normalized spacial score (nSPS) is 28.6. The van der Waals surface area contributed by atoms with Gasteiger partial charge in [0.15, 0.2) is 6.10 Å². The summed E-state index contributed by atoms with van der Waals surface area (Å²) in [6.45, 7) is 9.23. The van der Waals surface area contributed by atoms with Gasteiger partial charge in [0.2, 0.25) is 11.8 Å². The third-order valence-corrected chi connectivity index (χ3v) is 9.24. The number of nitrogens with one attached hydrogen (secondary N) is 2. The van der Waals surface area contributed by atoms with E-state index in [9.17, 15) is 24.3 Å². The number of aromatic hydroxyl groups is 1. The number of esters is 1. The minimum atomic E-state index is -1.24. The zero-order valence-corrected chi connectivity index (χ0v) is 28.3. The molecular formula is C37H47N3O7. The Morgan fingerprint density at radius 3 is 2.32 bits per heavy atom. The number of aromatic amines is 1. The maximum Gasteiger partial charge on any atom is 0.338 e. The quantitative estimate of drug-likeness (QED) is 0.260. The van der Waals surface area contributed by atoms with Crippen LogP contribution in [0.4, 0.5) is 0 Å². The Kier molecular flexibility index (Phi) is 11.6. The fraction of sp³-hybridized carbons (Fsp3) is 0.459. The molecule has 0 saturated carbocycles. The third kappa shape index (κ3) is 8.48. The molecule has 47 heavy (non-hydrogen) atoms. The zero-order chi connectivity index (χ0) is 34.4. The summed E-state index contributed by atoms with van der Waals surface area (Å²) in [5.41, 5.74) is 3.20. The van der Waals surface area contributed by atoms with E-state index in [-0.39, 0.29) is 42.1 Å². The van der Waals surface area contributed by atoms with Crippen LogP contribution in [0.15, 0.2) is 66.4 Å². The Labute approximate surface area is 276 Å². The Bertz CT molecular complexity index is 1610. The molecule has 10 nitrogen and oxygen atoms in total. The number of methoxy groups -OCH3 is 1. The number of ketones is 1. The van der Waals surface area contributed by atoms with E-state index in [0.717, 1.165) is 22.0 Å². The van der Waals surface area contributed by atoms with E-state index >= 15 is 0 Å². The second kappa shape index (κ2) is 15.4. The molecule has 2 aromatic carbocycles. The maximum atomic E-state index is 14.4. The minimum absolute atomic E-state index is 0.0156. The molecule has 7 atom stereocenters. The summed E-state index contributed by atoms with van der Waals surface area (Å²) in [4.78, 5) is 59.8. The molecule has 4 rings (SSSR count). The Hall–Kier alpha value is -4.44. The third-order valence-electron chi connectivity index (χ3n) is 9.24. The molecule has 0 radical (unpaired) electrons. The highest BCUT2D eigenvalue weighted by molar-refractivity contribution is 5.93. The smallest absolute Gasteiger partial charge is 0.338 e. The summed E-state index contributed by atoms with van der Waals surface area (Å²) in [7, 11) is 2.94. The van der Waals surface area contributed by atoms with Gasteiger partial charge in [0.1, 0.15) is 23.7 Å². The molecule has 2 heterocycles. The average Bonchev–Trinajstić information content (AvgIpc) is 3.45. The number of benzene rings is 2. The van der Waals surface area contributed by atoms with Crippen molar-refractivity contribution in [1.29, 1.82) is 0 Å². The van der Waals surface area contributed by atoms with Crippen molar-refractivity contribution in [2.24, 2.45) is 17.8 Å². The fourth-order valence-corrected chi connectivity index (χ4v) is 6.25. The highest BCUT2D eigenvalue weighted by Crippen LogP contribution is 2.27. The standard InChI is InChI=1S/C37H47N3O7/c1-21-16-22(2)25(5)47-37(45)34(46-7)33(26-12-14-28(41)15-13-26)39-35(43)31(19-27-20-38-30-11-9-8-10-29(27)30)40(6)36(44)24(4)18-32(42)23(3)17-21/h8-16,20,22-25,31,33-34,38,41H,17-19H2,1-7H3,(H,39,43)/b21-16+/t22-,23+,24-,25-,31-,33+,34-/m1/s1. The minimum Gasteiger partial charge on any atom is -0.508 e. The van der Waals surface area contributed by atoms with Crippen LogP contribution in [0.3, 0.4) is 0 Å². The molecule has 0 aliphatic carbocycles. The molecule has 1 aliphatic rings. The van der Waals surface area contributed by atoms with Gasteiger partial charge < -0.3 is 29.8 Å². The van der Waals surface area contributed by atoms with Gasteiger partial charge in [0.25, 0.3) is 0 Å². The molecule has 1 aliphatic heterocycles. The van der Waals surface area contributed by atoms with Gasteiger partial charge in [0.05, 0.1) is 6.04 Å². The summed E-state index contributed by atoms with van der Waals surface area (Å²) in [6.07, 6.45) is 2.76. The van der Waals surface area contributed by atoms with E-state index in [1.807, 2.05) is 57.3 Å². The summed E-state index contributed by atoms with van der Waals surface area (Å²) in [5, 5.41) is 13.9. The van der Waals surface area contributed by atoms with Crippen LogP contribution < -0.4 is 5.32 Å². The van der Waals surface area contributed by atoms with Crippen LogP contribution in [0, 0.1) is 17.8 Å². The first-order valence-corrected chi connectivity index (χ1v) is 16.1. The predicted molar refractivity (Wildman–Crippen MR) is 179 cm³/mol. The van der Waals surface area contributed by atoms with E-state index in [4.69, 9.17) is 9.47 Å². The number of cyclic esters (lactones) is 1. The van der Waals surface area contributed by atoms with Crippen LogP contribution in [0.5, 0.6) is 5.75 Å². The number of likely N-dealkylation sites (N-methyl/N-ethyl adjacent to an activating group) is 1. The number of hydrogen-bond acceptors (Lipinski definition) is 7. The molecule has 10 heteroatoms. The van der Waals surface area contributed by atoms with E-state index in [2.05, 4.69) is 10.3 Å². The number of ether oxygens (including phenoxy) is 2. The number of H-pyrrole nitrogens is 1. The molecule has 2 amide bonds. The van der Waals surface area contributed by atoms with Crippen molar-refractivity contribution in [2.75, 3.05) is 14.2 Å². The van der Waals surface area contributed by atoms with Crippen LogP contribution in [-0.2, 0) is 35.1 Å². The number of para-hydroxylation sites is 1. The number of phenols is 1. The number of nitrogens with zero attached hydrogens (tertiary/aromatic N) is 1. The van der Waals surface area contributed by atoms with E-state index in [0.29, 0.717) is 12.0 Å². The van der Waals surface area contributed by atoms with Crippen LogP contribution >= 0.6 is 0 Å². The molecule has 0 spiro atoms. The van der Waals surface area contributed by atoms with Crippen molar-refractivity contribution >= 4 is 34.5 Å².